The number of rotatable bonds is 7. The van der Waals surface area contributed by atoms with E-state index in [0.717, 1.165) is 5.56 Å². The van der Waals surface area contributed by atoms with Crippen molar-refractivity contribution < 1.29 is 19.1 Å². The van der Waals surface area contributed by atoms with Crippen LogP contribution in [0.1, 0.15) is 33.2 Å². The zero-order chi connectivity index (χ0) is 20.6. The number of amides is 1. The highest BCUT2D eigenvalue weighted by atomic mass is 35.5. The van der Waals surface area contributed by atoms with E-state index in [9.17, 15) is 9.59 Å². The zero-order valence-electron chi connectivity index (χ0n) is 15.9. The highest BCUT2D eigenvalue weighted by molar-refractivity contribution is 6.31. The molecule has 1 N–H and O–H groups in total. The maximum absolute atomic E-state index is 12.5. The summed E-state index contributed by atoms with van der Waals surface area (Å²) in [5.41, 5.74) is 2.33. The summed E-state index contributed by atoms with van der Waals surface area (Å²) in [7, 11) is 0. The molecule has 0 spiro atoms. The van der Waals surface area contributed by atoms with Crippen LogP contribution in [-0.4, -0.2) is 18.5 Å². The van der Waals surface area contributed by atoms with E-state index >= 15 is 0 Å². The number of benzene rings is 3. The predicted molar refractivity (Wildman–Crippen MR) is 113 cm³/mol. The number of esters is 1. The van der Waals surface area contributed by atoms with Crippen LogP contribution >= 0.6 is 11.6 Å². The third-order valence-corrected chi connectivity index (χ3v) is 4.47. The minimum atomic E-state index is -0.395. The average molecular weight is 410 g/mol. The molecule has 0 aromatic heterocycles. The molecular formula is C23H20ClNO4. The van der Waals surface area contributed by atoms with Crippen molar-refractivity contribution in [2.45, 2.75) is 13.5 Å². The molecule has 6 heteroatoms. The van der Waals surface area contributed by atoms with Crippen molar-refractivity contribution in [3.05, 3.63) is 94.5 Å². The van der Waals surface area contributed by atoms with Gasteiger partial charge in [-0.3, -0.25) is 4.79 Å². The molecule has 5 nitrogen and oxygen atoms in total. The fourth-order valence-corrected chi connectivity index (χ4v) is 2.80. The minimum absolute atomic E-state index is 0.280. The van der Waals surface area contributed by atoms with Gasteiger partial charge in [0.2, 0.25) is 0 Å². The van der Waals surface area contributed by atoms with Crippen molar-refractivity contribution in [1.82, 2.24) is 0 Å². The maximum atomic E-state index is 12.5. The zero-order valence-corrected chi connectivity index (χ0v) is 16.6. The summed E-state index contributed by atoms with van der Waals surface area (Å²) in [6, 6.07) is 20.9. The second kappa shape index (κ2) is 9.75. The molecule has 0 unspecified atom stereocenters. The third-order valence-electron chi connectivity index (χ3n) is 4.10. The van der Waals surface area contributed by atoms with Gasteiger partial charge in [0.15, 0.2) is 0 Å². The van der Waals surface area contributed by atoms with Crippen LogP contribution in [0, 0.1) is 0 Å². The summed E-state index contributed by atoms with van der Waals surface area (Å²) < 4.78 is 10.7. The van der Waals surface area contributed by atoms with Crippen LogP contribution in [0.15, 0.2) is 72.8 Å². The van der Waals surface area contributed by atoms with Crippen molar-refractivity contribution in [3.63, 3.8) is 0 Å². The number of halogens is 1. The molecule has 29 heavy (non-hydrogen) atoms. The first-order valence-corrected chi connectivity index (χ1v) is 9.49. The van der Waals surface area contributed by atoms with E-state index in [1.807, 2.05) is 18.2 Å². The lowest BCUT2D eigenvalue weighted by Crippen LogP contribution is -2.12. The monoisotopic (exact) mass is 409 g/mol. The van der Waals surface area contributed by atoms with Crippen LogP contribution in [0.25, 0.3) is 0 Å². The largest absolute Gasteiger partial charge is 0.489 e. The molecule has 3 rings (SSSR count). The Morgan fingerprint density at radius 3 is 2.41 bits per heavy atom. The van der Waals surface area contributed by atoms with E-state index in [1.165, 1.54) is 0 Å². The van der Waals surface area contributed by atoms with E-state index < -0.39 is 5.97 Å². The third kappa shape index (κ3) is 5.59. The molecule has 0 heterocycles. The molecule has 0 aliphatic carbocycles. The van der Waals surface area contributed by atoms with Crippen LogP contribution < -0.4 is 10.1 Å². The molecule has 3 aromatic rings. The Kier molecular flexibility index (Phi) is 6.87. The molecule has 0 fully saturated rings. The number of nitrogens with one attached hydrogen (secondary N) is 1. The second-order valence-electron chi connectivity index (χ2n) is 6.16. The number of carbonyl (C=O) groups excluding carboxylic acids is 2. The predicted octanol–water partition coefficient (Wildman–Crippen LogP) is 5.35. The Morgan fingerprint density at radius 2 is 1.69 bits per heavy atom. The molecule has 1 amide bonds. The number of anilines is 1. The Labute approximate surface area is 174 Å². The molecule has 0 bridgehead atoms. The van der Waals surface area contributed by atoms with Gasteiger partial charge in [-0.2, -0.15) is 0 Å². The van der Waals surface area contributed by atoms with Gasteiger partial charge in [0, 0.05) is 21.8 Å². The van der Waals surface area contributed by atoms with Gasteiger partial charge in [-0.25, -0.2) is 4.79 Å². The first-order valence-electron chi connectivity index (χ1n) is 9.11. The Balaban J connectivity index is 1.63. The van der Waals surface area contributed by atoms with Crippen molar-refractivity contribution in [1.29, 1.82) is 0 Å². The number of carbonyl (C=O) groups is 2. The standard InChI is InChI=1S/C23H20ClNO4/c1-2-28-23(27)16-10-12-19(13-11-16)25-22(26)17-7-5-8-20(14-17)29-15-18-6-3-4-9-21(18)24/h3-14H,2,15H2,1H3,(H,25,26). The van der Waals surface area contributed by atoms with Crippen LogP contribution in [0.4, 0.5) is 5.69 Å². The van der Waals surface area contributed by atoms with E-state index in [0.29, 0.717) is 40.8 Å². The Morgan fingerprint density at radius 1 is 0.931 bits per heavy atom. The van der Waals surface area contributed by atoms with Crippen LogP contribution in [-0.2, 0) is 11.3 Å². The van der Waals surface area contributed by atoms with Crippen molar-refractivity contribution in [2.24, 2.45) is 0 Å². The van der Waals surface area contributed by atoms with E-state index in [4.69, 9.17) is 21.1 Å². The van der Waals surface area contributed by atoms with Crippen LogP contribution in [0.2, 0.25) is 5.02 Å². The summed E-state index contributed by atoms with van der Waals surface area (Å²) in [6.07, 6.45) is 0. The molecular weight excluding hydrogens is 390 g/mol. The maximum Gasteiger partial charge on any atom is 0.338 e. The quantitative estimate of drug-likeness (QED) is 0.534. The lowest BCUT2D eigenvalue weighted by molar-refractivity contribution is 0.0526. The van der Waals surface area contributed by atoms with Crippen molar-refractivity contribution in [2.75, 3.05) is 11.9 Å². The van der Waals surface area contributed by atoms with Gasteiger partial charge in [-0.15, -0.1) is 0 Å². The fourth-order valence-electron chi connectivity index (χ4n) is 2.61. The van der Waals surface area contributed by atoms with Crippen LogP contribution in [0.3, 0.4) is 0 Å². The Bertz CT molecular complexity index is 1000. The van der Waals surface area contributed by atoms with E-state index in [1.54, 1.807) is 61.5 Å². The average Bonchev–Trinajstić information content (AvgIpc) is 2.74. The van der Waals surface area contributed by atoms with E-state index in [2.05, 4.69) is 5.32 Å². The van der Waals surface area contributed by atoms with Crippen molar-refractivity contribution in [3.8, 4) is 5.75 Å². The van der Waals surface area contributed by atoms with Gasteiger partial charge in [-0.1, -0.05) is 35.9 Å². The number of ether oxygens (including phenoxy) is 2. The molecule has 0 radical (unpaired) electrons. The first-order chi connectivity index (χ1) is 14.1. The summed E-state index contributed by atoms with van der Waals surface area (Å²) in [5.74, 6) is -0.110. The normalized spacial score (nSPS) is 10.3. The lowest BCUT2D eigenvalue weighted by atomic mass is 10.1. The molecule has 3 aromatic carbocycles. The van der Waals surface area contributed by atoms with Crippen molar-refractivity contribution >= 4 is 29.2 Å². The summed E-state index contributed by atoms with van der Waals surface area (Å²) >= 11 is 6.14. The molecule has 0 atom stereocenters. The highest BCUT2D eigenvalue weighted by Crippen LogP contribution is 2.20. The SMILES string of the molecule is CCOC(=O)c1ccc(NC(=O)c2cccc(OCc3ccccc3Cl)c2)cc1. The van der Waals surface area contributed by atoms with Crippen LogP contribution in [0.5, 0.6) is 5.75 Å². The molecule has 0 aliphatic rings. The summed E-state index contributed by atoms with van der Waals surface area (Å²) in [5, 5.41) is 3.43. The fraction of sp³-hybridized carbons (Fsp3) is 0.130. The molecule has 0 saturated heterocycles. The molecule has 148 valence electrons. The number of hydrogen-bond acceptors (Lipinski definition) is 4. The summed E-state index contributed by atoms with van der Waals surface area (Å²) in [4.78, 5) is 24.2. The summed E-state index contributed by atoms with van der Waals surface area (Å²) in [6.45, 7) is 2.37. The van der Waals surface area contributed by atoms with Gasteiger partial charge in [-0.05, 0) is 55.5 Å². The minimum Gasteiger partial charge on any atom is -0.489 e. The van der Waals surface area contributed by atoms with Gasteiger partial charge in [0.1, 0.15) is 12.4 Å². The smallest absolute Gasteiger partial charge is 0.338 e. The topological polar surface area (TPSA) is 64.6 Å². The second-order valence-corrected chi connectivity index (χ2v) is 6.57. The van der Waals surface area contributed by atoms with E-state index in [-0.39, 0.29) is 5.91 Å². The molecule has 0 aliphatic heterocycles. The number of hydrogen-bond donors (Lipinski definition) is 1. The highest BCUT2D eigenvalue weighted by Gasteiger charge is 2.10. The van der Waals surface area contributed by atoms with Gasteiger partial charge >= 0.3 is 5.97 Å². The van der Waals surface area contributed by atoms with Gasteiger partial charge in [0.25, 0.3) is 5.91 Å². The molecule has 0 saturated carbocycles. The van der Waals surface area contributed by atoms with Gasteiger partial charge in [0.05, 0.1) is 12.2 Å². The lowest BCUT2D eigenvalue weighted by Gasteiger charge is -2.10. The first kappa shape index (κ1) is 20.4. The Hall–Kier alpha value is -3.31. The van der Waals surface area contributed by atoms with Gasteiger partial charge < -0.3 is 14.8 Å².